The molecule has 0 spiro atoms. The number of amides is 9. The van der Waals surface area contributed by atoms with Crippen molar-refractivity contribution < 1.29 is 203 Å². The van der Waals surface area contributed by atoms with E-state index in [0.29, 0.717) is 40.1 Å². The van der Waals surface area contributed by atoms with Crippen molar-refractivity contribution in [1.82, 2.24) is 77.3 Å². The Morgan fingerprint density at radius 3 is 1.55 bits per heavy atom. The summed E-state index contributed by atoms with van der Waals surface area (Å²) >= 11 is 0. The first-order valence-electron chi connectivity index (χ1n) is 44.2. The first-order valence-corrected chi connectivity index (χ1v) is 46.7. The summed E-state index contributed by atoms with van der Waals surface area (Å²) in [4.78, 5) is 249. The van der Waals surface area contributed by atoms with Crippen molar-refractivity contribution in [1.29, 1.82) is 0 Å². The molecule has 22 atom stereocenters. The minimum atomic E-state index is -2.65. The van der Waals surface area contributed by atoms with E-state index in [9.17, 15) is 194 Å². The van der Waals surface area contributed by atoms with Crippen molar-refractivity contribution in [2.75, 3.05) is 62.6 Å². The summed E-state index contributed by atoms with van der Waals surface area (Å²) in [6, 6.07) is -5.80. The zero-order valence-electron chi connectivity index (χ0n) is 77.9. The molecule has 62 heteroatoms. The minimum absolute atomic E-state index is 0.0191. The number of nitrogens with one attached hydrogen (secondary N) is 11. The number of aliphatic carboxylic acids is 5. The third kappa shape index (κ3) is 31.7. The number of pyridine rings is 2. The van der Waals surface area contributed by atoms with Crippen LogP contribution in [-0.2, 0) is 108 Å². The van der Waals surface area contributed by atoms with Gasteiger partial charge in [-0.2, -0.15) is 4.98 Å². The van der Waals surface area contributed by atoms with Gasteiger partial charge in [0.2, 0.25) is 53.2 Å². The number of aryl methyl sites for hydroxylation is 1. The molecule has 0 unspecified atom stereocenters. The molecular formula is C85H111N17O43S2. The Labute approximate surface area is 834 Å². The summed E-state index contributed by atoms with van der Waals surface area (Å²) in [5, 5.41) is 241. The van der Waals surface area contributed by atoms with Gasteiger partial charge in [0, 0.05) is 52.7 Å². The Morgan fingerprint density at radius 1 is 0.565 bits per heavy atom. The lowest BCUT2D eigenvalue weighted by atomic mass is 9.86. The normalized spacial score (nSPS) is 17.3. The van der Waals surface area contributed by atoms with E-state index in [1.165, 1.54) is 41.1 Å². The van der Waals surface area contributed by atoms with Crippen LogP contribution in [-0.4, -0.2) is 410 Å². The van der Waals surface area contributed by atoms with Gasteiger partial charge in [0.25, 0.3) is 17.0 Å². The number of aromatic nitrogens is 6. The molecule has 9 amide bonds. The predicted octanol–water partition coefficient (Wildman–Crippen LogP) is -13.0. The molecule has 0 saturated heterocycles. The molecule has 6 aromatic rings. The summed E-state index contributed by atoms with van der Waals surface area (Å²) in [5.41, 5.74) is 6.43. The number of aliphatic hydroxyl groups excluding tert-OH is 16. The molecule has 0 bridgehead atoms. The second-order valence-electron chi connectivity index (χ2n) is 32.9. The number of hydrogen-bond acceptors (Lipinski definition) is 46. The number of benzene rings is 2. The second-order valence-corrected chi connectivity index (χ2v) is 35.5. The first-order chi connectivity index (χ1) is 69.2. The topological polar surface area (TPSA) is 999 Å². The van der Waals surface area contributed by atoms with E-state index < -0.39 is 304 Å². The number of nitrogen functional groups attached to an aromatic ring is 1. The molecule has 806 valence electrons. The van der Waals surface area contributed by atoms with Crippen LogP contribution in [0.4, 0.5) is 16.4 Å². The number of H-pyrrole nitrogens is 1. The molecule has 4 aromatic heterocycles. The molecule has 0 radical (unpaired) electrons. The van der Waals surface area contributed by atoms with E-state index in [2.05, 4.69) is 30.6 Å². The van der Waals surface area contributed by atoms with E-state index >= 15 is 0 Å². The van der Waals surface area contributed by atoms with Crippen molar-refractivity contribution in [3.05, 3.63) is 109 Å². The van der Waals surface area contributed by atoms with Gasteiger partial charge in [0.05, 0.1) is 105 Å². The molecule has 147 heavy (non-hydrogen) atoms. The largest absolute Gasteiger partial charge is 0.513 e. The number of nitrogens with zero attached hydrogens (tertiary/aromatic N) is 5. The Bertz CT molecular complexity index is 5910. The SMILES string of the molecule is CCc1c2c(nc3ccc(OC(=O)OCCSSC[C@@H](NC(=O)[C@@H](NC(=O)[C@H](CC(=O)O)NC(=O)[C@@H](C)[C@@H](O)[C@H](O)[C@H](O)CO)[C@@H](O)[C@H](O)[C@H](O)CO)C(=O)O)cc13)-c1cc3c(c(=O)n1C2)COC(=O)[C@]3(O)CC.CNC(=O)[C@H](CC(=O)O)NC(=O)[C@@H](NC(=O)[C@H](CC(=O)O)NC(=O)[C@@H](NC(=O)CC[C@H](NC(=O)c1ccc(NCc2cnc3nc(N)[nH]c(=O)c3n2)cc1)C(=O)O)[C@@H](O)[C@H](O)[C@H](O)CO)[C@@H](O)[C@H](O)[C@H](O)CO. The van der Waals surface area contributed by atoms with E-state index in [-0.39, 0.29) is 78.0 Å². The number of nitrogens with two attached hydrogens (primary N) is 1. The Balaban J connectivity index is 0.000000398. The zero-order chi connectivity index (χ0) is 110. The Hall–Kier alpha value is -14.0. The number of fused-ring (bicyclic) bond motifs is 6. The van der Waals surface area contributed by atoms with Gasteiger partial charge in [0.1, 0.15) is 134 Å². The number of aromatic amines is 1. The van der Waals surface area contributed by atoms with Crippen molar-refractivity contribution in [3.63, 3.8) is 0 Å². The van der Waals surface area contributed by atoms with Crippen molar-refractivity contribution in [2.45, 2.75) is 213 Å². The molecule has 8 rings (SSSR count). The van der Waals surface area contributed by atoms with Crippen LogP contribution in [0.2, 0.25) is 0 Å². The fourth-order valence-electron chi connectivity index (χ4n) is 14.5. The molecular weight excluding hydrogens is 2010 g/mol. The van der Waals surface area contributed by atoms with Crippen LogP contribution in [0.1, 0.15) is 97.6 Å². The number of likely N-dealkylation sites (N-methyl/N-ethyl adjacent to an activating group) is 1. The highest BCUT2D eigenvalue weighted by Gasteiger charge is 2.48. The monoisotopic (exact) mass is 2120 g/mol. The van der Waals surface area contributed by atoms with Crippen LogP contribution in [0.5, 0.6) is 5.75 Å². The van der Waals surface area contributed by atoms with Crippen LogP contribution in [0, 0.1) is 5.92 Å². The number of carbonyl (C=O) groups is 16. The maximum Gasteiger partial charge on any atom is 0.513 e. The van der Waals surface area contributed by atoms with Crippen LogP contribution in [0.25, 0.3) is 33.5 Å². The van der Waals surface area contributed by atoms with Crippen LogP contribution >= 0.6 is 21.6 Å². The maximum atomic E-state index is 13.7. The highest BCUT2D eigenvalue weighted by molar-refractivity contribution is 8.76. The van der Waals surface area contributed by atoms with Gasteiger partial charge in [0.15, 0.2) is 16.8 Å². The van der Waals surface area contributed by atoms with Gasteiger partial charge >= 0.3 is 42.0 Å². The summed E-state index contributed by atoms with van der Waals surface area (Å²) in [5.74, 6) is -24.3. The minimum Gasteiger partial charge on any atom is -0.481 e. The summed E-state index contributed by atoms with van der Waals surface area (Å²) in [7, 11) is 2.88. The van der Waals surface area contributed by atoms with Gasteiger partial charge in [-0.25, -0.2) is 34.1 Å². The lowest BCUT2D eigenvalue weighted by molar-refractivity contribution is -0.172. The molecule has 6 heterocycles. The first kappa shape index (κ1) is 120. The van der Waals surface area contributed by atoms with E-state index in [1.54, 1.807) is 35.8 Å². The highest BCUT2D eigenvalue weighted by atomic mass is 33.1. The van der Waals surface area contributed by atoms with Crippen molar-refractivity contribution >= 4 is 150 Å². The van der Waals surface area contributed by atoms with Gasteiger partial charge in [-0.15, -0.1) is 0 Å². The molecule has 2 aliphatic rings. The molecule has 2 aliphatic heterocycles. The number of cyclic esters (lactones) is 1. The second kappa shape index (κ2) is 54.9. The van der Waals surface area contributed by atoms with Crippen molar-refractivity contribution in [3.8, 4) is 17.1 Å². The number of esters is 1. The van der Waals surface area contributed by atoms with E-state index in [0.717, 1.165) is 46.7 Å². The van der Waals surface area contributed by atoms with Gasteiger partial charge in [-0.3, -0.25) is 72.1 Å². The van der Waals surface area contributed by atoms with Crippen LogP contribution < -0.4 is 74.8 Å². The van der Waals surface area contributed by atoms with Gasteiger partial charge in [-0.1, -0.05) is 42.4 Å². The zero-order valence-corrected chi connectivity index (χ0v) is 79.5. The van der Waals surface area contributed by atoms with E-state index in [4.69, 9.17) is 30.0 Å². The fourth-order valence-corrected chi connectivity index (χ4v) is 16.5. The predicted molar refractivity (Wildman–Crippen MR) is 497 cm³/mol. The van der Waals surface area contributed by atoms with Crippen molar-refractivity contribution in [2.24, 2.45) is 5.92 Å². The number of carboxylic acid groups (broad SMARTS) is 5. The molecule has 2 aromatic carbocycles. The van der Waals surface area contributed by atoms with Gasteiger partial charge in [-0.05, 0) is 73.4 Å². The fraction of sp³-hybridized carbons (Fsp3) is 0.506. The highest BCUT2D eigenvalue weighted by Crippen LogP contribution is 2.41. The number of aliphatic hydroxyl groups is 17. The number of hydrogen-bond donors (Lipinski definition) is 34. The third-order valence-corrected chi connectivity index (χ3v) is 25.1. The maximum absolute atomic E-state index is 13.7. The number of carboxylic acids is 5. The average molecular weight is 2120 g/mol. The number of ether oxygens (including phenoxy) is 3. The number of rotatable bonds is 55. The molecule has 0 saturated carbocycles. The smallest absolute Gasteiger partial charge is 0.481 e. The molecule has 0 fully saturated rings. The van der Waals surface area contributed by atoms with Gasteiger partial charge < -0.3 is 190 Å². The third-order valence-electron chi connectivity index (χ3n) is 22.7. The average Bonchev–Trinajstić information content (AvgIpc) is 1.58. The lowest BCUT2D eigenvalue weighted by Crippen LogP contribution is -2.65. The summed E-state index contributed by atoms with van der Waals surface area (Å²) in [6.07, 6.45) is -32.4. The van der Waals surface area contributed by atoms with E-state index in [1.807, 2.05) is 38.8 Å². The molecule has 60 nitrogen and oxygen atoms in total. The molecule has 0 aliphatic carbocycles. The van der Waals surface area contributed by atoms with Crippen LogP contribution in [0.15, 0.2) is 64.3 Å². The number of carbonyl (C=O) groups excluding carboxylic acids is 11. The Morgan fingerprint density at radius 2 is 1.06 bits per heavy atom. The quantitative estimate of drug-likeness (QED) is 0.00728. The number of anilines is 2. The van der Waals surface area contributed by atoms with Crippen LogP contribution in [0.3, 0.4) is 0 Å². The summed E-state index contributed by atoms with van der Waals surface area (Å²) in [6.45, 7) is -0.531. The summed E-state index contributed by atoms with van der Waals surface area (Å²) < 4.78 is 17.3. The lowest BCUT2D eigenvalue weighted by Gasteiger charge is -2.32. The molecule has 35 N–H and O–H groups in total. The Kier molecular flexibility index (Phi) is 44.8. The standard InChI is InChI=1S/C45H57N5O22S2.C40H54N12O21/c1-4-20-21-10-19(6-7-25(21)46-32-22(20)13-50-28(32)11-24-23(41(50)64)16-71-43(67)45(24,69)5-2)72-44(68)70-8-9-73-74-17-27(42(65)66)48-40(63)33(37(60)36(59)30(54)15-52)49-39(62)26(12-31(55)56)47-38(61)18(3)34(57)35(58)29(53)14-51;1-42-34(67)18(8-23(58)59)47-37(70)26(31(65)29(63)21(56)13-54)50-35(68)19(9-24(60)61)48-36(69)25(30(64)28(62)20(55)12-53)49-22(57)7-6-17(39(72)73)46-33(66)14-2-4-15(5-3-14)43-10-16-11-44-32-27(45-16)38(71)52-40(41)51-32/h6-7,10-11,18,26-27,29-30,33-37,51-54,57-60,69H,4-5,8-9,12-17H2,1-3H3,(H,47,61)(H,48,63)(H,49,62)(H,55,56)(H,65,66);2-5,11,17-21,25-26,28-31,43,53-56,62-65H,6-10,12-13H2,1H3,(H,42,67)(H,46,66)(H,47,70)(H,48,69)(H,49,57)(H,50,68)(H,58,59)(H,60,61)(H,72,73)(H3,41,44,51,52,71)/t18-,26-,27+,29+,30+,33-,34+,35+,36+,37+,45-;17-,18-,19-,20+,21+,25-,26-,28+,29+,30+,31+/m00/s1.